The number of halogens is 1. The Bertz CT molecular complexity index is 601. The minimum absolute atomic E-state index is 0.176. The third kappa shape index (κ3) is 6.21. The highest BCUT2D eigenvalue weighted by Crippen LogP contribution is 2.21. The molecule has 7 heteroatoms. The molecule has 1 saturated heterocycles. The van der Waals surface area contributed by atoms with Crippen molar-refractivity contribution >= 4 is 23.5 Å². The van der Waals surface area contributed by atoms with Crippen molar-refractivity contribution in [1.82, 2.24) is 4.90 Å². The third-order valence-corrected chi connectivity index (χ3v) is 4.33. The number of ether oxygens (including phenoxy) is 3. The van der Waals surface area contributed by atoms with E-state index in [0.717, 1.165) is 5.56 Å². The van der Waals surface area contributed by atoms with Crippen LogP contribution in [0, 0.1) is 6.92 Å². The van der Waals surface area contributed by atoms with Gasteiger partial charge in [0.05, 0.1) is 19.8 Å². The van der Waals surface area contributed by atoms with Crippen LogP contribution in [0.25, 0.3) is 0 Å². The topological polar surface area (TPSA) is 65.1 Å². The van der Waals surface area contributed by atoms with Crippen LogP contribution in [-0.4, -0.2) is 55.8 Å². The lowest BCUT2D eigenvalue weighted by Gasteiger charge is -2.28. The molecular weight excluding hydrogens is 346 g/mol. The Hall–Kier alpha value is -1.79. The number of morpholine rings is 1. The molecule has 1 fully saturated rings. The van der Waals surface area contributed by atoms with Crippen molar-refractivity contribution in [2.45, 2.75) is 32.8 Å². The fourth-order valence-electron chi connectivity index (χ4n) is 2.46. The maximum atomic E-state index is 12.2. The molecule has 0 N–H and O–H groups in total. The van der Waals surface area contributed by atoms with Crippen LogP contribution in [-0.2, 0) is 19.1 Å². The highest BCUT2D eigenvalue weighted by molar-refractivity contribution is 6.31. The molecule has 0 spiro atoms. The standard InChI is InChI=1S/C18H24ClNO5/c1-13-12-15(5-6-16(13)19)24-9-3-4-17(21)25-14(2)18(22)20-7-10-23-11-8-20/h5-6,12,14H,3-4,7-11H2,1-2H3. The molecule has 1 heterocycles. The van der Waals surface area contributed by atoms with Crippen LogP contribution >= 0.6 is 11.6 Å². The molecular formula is C18H24ClNO5. The second kappa shape index (κ2) is 9.63. The first-order chi connectivity index (χ1) is 12.0. The van der Waals surface area contributed by atoms with Crippen molar-refractivity contribution in [3.8, 4) is 5.75 Å². The summed E-state index contributed by atoms with van der Waals surface area (Å²) < 4.78 is 16.0. The summed E-state index contributed by atoms with van der Waals surface area (Å²) in [5.41, 5.74) is 0.939. The van der Waals surface area contributed by atoms with Crippen LogP contribution in [0.3, 0.4) is 0 Å². The normalized spacial score (nSPS) is 15.6. The number of nitrogens with zero attached hydrogens (tertiary/aromatic N) is 1. The van der Waals surface area contributed by atoms with Crippen molar-refractivity contribution in [3.63, 3.8) is 0 Å². The van der Waals surface area contributed by atoms with Crippen molar-refractivity contribution in [3.05, 3.63) is 28.8 Å². The Kier molecular flexibility index (Phi) is 7.52. The summed E-state index contributed by atoms with van der Waals surface area (Å²) in [5.74, 6) is 0.140. The fourth-order valence-corrected chi connectivity index (χ4v) is 2.58. The van der Waals surface area contributed by atoms with Gasteiger partial charge in [-0.25, -0.2) is 0 Å². The van der Waals surface area contributed by atoms with Gasteiger partial charge in [-0.15, -0.1) is 0 Å². The fraction of sp³-hybridized carbons (Fsp3) is 0.556. The predicted octanol–water partition coefficient (Wildman–Crippen LogP) is 2.60. The minimum atomic E-state index is -0.773. The smallest absolute Gasteiger partial charge is 0.306 e. The molecule has 0 aromatic heterocycles. The van der Waals surface area contributed by atoms with Crippen molar-refractivity contribution in [2.75, 3.05) is 32.9 Å². The maximum Gasteiger partial charge on any atom is 0.306 e. The Morgan fingerprint density at radius 1 is 1.32 bits per heavy atom. The summed E-state index contributed by atoms with van der Waals surface area (Å²) in [6.07, 6.45) is -0.0582. The van der Waals surface area contributed by atoms with Crippen LogP contribution in [0.1, 0.15) is 25.3 Å². The molecule has 0 saturated carbocycles. The van der Waals surface area contributed by atoms with Gasteiger partial charge in [0.1, 0.15) is 5.75 Å². The predicted molar refractivity (Wildman–Crippen MR) is 93.9 cm³/mol. The minimum Gasteiger partial charge on any atom is -0.494 e. The number of amides is 1. The van der Waals surface area contributed by atoms with E-state index in [1.807, 2.05) is 13.0 Å². The monoisotopic (exact) mass is 369 g/mol. The molecule has 25 heavy (non-hydrogen) atoms. The SMILES string of the molecule is Cc1cc(OCCCC(=O)OC(C)C(=O)N2CCOCC2)ccc1Cl. The molecule has 1 aromatic rings. The highest BCUT2D eigenvalue weighted by atomic mass is 35.5. The average Bonchev–Trinajstić information content (AvgIpc) is 2.61. The summed E-state index contributed by atoms with van der Waals surface area (Å²) in [6.45, 7) is 6.01. The zero-order valence-corrected chi connectivity index (χ0v) is 15.4. The quantitative estimate of drug-likeness (QED) is 0.546. The molecule has 1 aliphatic heterocycles. The number of carbonyl (C=O) groups excluding carboxylic acids is 2. The Labute approximate surface area is 153 Å². The van der Waals surface area contributed by atoms with Crippen LogP contribution in [0.5, 0.6) is 5.75 Å². The second-order valence-electron chi connectivity index (χ2n) is 5.93. The van der Waals surface area contributed by atoms with Crippen molar-refractivity contribution in [2.24, 2.45) is 0 Å². The summed E-state index contributed by atoms with van der Waals surface area (Å²) in [7, 11) is 0. The number of hydrogen-bond acceptors (Lipinski definition) is 5. The molecule has 0 bridgehead atoms. The number of rotatable bonds is 7. The lowest BCUT2D eigenvalue weighted by atomic mass is 10.2. The van der Waals surface area contributed by atoms with Gasteiger partial charge in [-0.3, -0.25) is 9.59 Å². The third-order valence-electron chi connectivity index (χ3n) is 3.90. The number of esters is 1. The zero-order valence-electron chi connectivity index (χ0n) is 14.6. The molecule has 138 valence electrons. The van der Waals surface area contributed by atoms with Crippen LogP contribution in [0.4, 0.5) is 0 Å². The van der Waals surface area contributed by atoms with E-state index >= 15 is 0 Å². The first-order valence-electron chi connectivity index (χ1n) is 8.42. The van der Waals surface area contributed by atoms with Crippen molar-refractivity contribution < 1.29 is 23.8 Å². The number of hydrogen-bond donors (Lipinski definition) is 0. The molecule has 0 aliphatic carbocycles. The lowest BCUT2D eigenvalue weighted by Crippen LogP contribution is -2.46. The molecule has 1 aromatic carbocycles. The van der Waals surface area contributed by atoms with Gasteiger partial charge in [0.25, 0.3) is 5.91 Å². The van der Waals surface area contributed by atoms with Gasteiger partial charge in [0.2, 0.25) is 0 Å². The molecule has 6 nitrogen and oxygen atoms in total. The first kappa shape index (κ1) is 19.5. The maximum absolute atomic E-state index is 12.2. The van der Waals surface area contributed by atoms with Crippen LogP contribution < -0.4 is 4.74 Å². The first-order valence-corrected chi connectivity index (χ1v) is 8.80. The molecule has 1 aliphatic rings. The van der Waals surface area contributed by atoms with Gasteiger partial charge in [0, 0.05) is 24.5 Å². The van der Waals surface area contributed by atoms with Crippen LogP contribution in [0.15, 0.2) is 18.2 Å². The van der Waals surface area contributed by atoms with E-state index in [1.165, 1.54) is 0 Å². The van der Waals surface area contributed by atoms with E-state index in [9.17, 15) is 9.59 Å². The lowest BCUT2D eigenvalue weighted by molar-refractivity contribution is -0.161. The molecule has 2 rings (SSSR count). The van der Waals surface area contributed by atoms with Gasteiger partial charge in [0.15, 0.2) is 6.10 Å². The van der Waals surface area contributed by atoms with Gasteiger partial charge in [-0.2, -0.15) is 0 Å². The van der Waals surface area contributed by atoms with Crippen molar-refractivity contribution in [1.29, 1.82) is 0 Å². The number of aryl methyl sites for hydroxylation is 1. The van der Waals surface area contributed by atoms with E-state index < -0.39 is 12.1 Å². The molecule has 1 atom stereocenters. The molecule has 1 amide bonds. The van der Waals surface area contributed by atoms with Gasteiger partial charge < -0.3 is 19.1 Å². The van der Waals surface area contributed by atoms with E-state index in [1.54, 1.807) is 24.0 Å². The van der Waals surface area contributed by atoms with Crippen LogP contribution in [0.2, 0.25) is 5.02 Å². The zero-order chi connectivity index (χ0) is 18.2. The van der Waals surface area contributed by atoms with E-state index in [2.05, 4.69) is 0 Å². The van der Waals surface area contributed by atoms with Gasteiger partial charge in [-0.1, -0.05) is 11.6 Å². The number of carbonyl (C=O) groups is 2. The molecule has 0 radical (unpaired) electrons. The highest BCUT2D eigenvalue weighted by Gasteiger charge is 2.25. The summed E-state index contributed by atoms with van der Waals surface area (Å²) in [4.78, 5) is 25.7. The Morgan fingerprint density at radius 3 is 2.72 bits per heavy atom. The second-order valence-corrected chi connectivity index (χ2v) is 6.34. The van der Waals surface area contributed by atoms with E-state index in [4.69, 9.17) is 25.8 Å². The van der Waals surface area contributed by atoms with Gasteiger partial charge in [-0.05, 0) is 44.0 Å². The summed E-state index contributed by atoms with van der Waals surface area (Å²) >= 11 is 5.96. The van der Waals surface area contributed by atoms with Gasteiger partial charge >= 0.3 is 5.97 Å². The molecule has 1 unspecified atom stereocenters. The number of benzene rings is 1. The van der Waals surface area contributed by atoms with E-state index in [0.29, 0.717) is 50.1 Å². The Balaban J connectivity index is 1.66. The van der Waals surface area contributed by atoms with E-state index in [-0.39, 0.29) is 12.3 Å². The summed E-state index contributed by atoms with van der Waals surface area (Å²) in [6, 6.07) is 5.42. The Morgan fingerprint density at radius 2 is 2.04 bits per heavy atom. The average molecular weight is 370 g/mol. The summed E-state index contributed by atoms with van der Waals surface area (Å²) in [5, 5.41) is 0.690. The largest absolute Gasteiger partial charge is 0.494 e.